The summed E-state index contributed by atoms with van der Waals surface area (Å²) in [5.41, 5.74) is 9.34. The number of carbonyl (C=O) groups excluding carboxylic acids is 1. The number of nitrogens with two attached hydrogens (primary N) is 1. The van der Waals surface area contributed by atoms with Crippen molar-refractivity contribution < 1.29 is 9.53 Å². The van der Waals surface area contributed by atoms with Crippen LogP contribution in [-0.4, -0.2) is 42.1 Å². The number of carbonyl (C=O) groups is 1. The Balaban J connectivity index is 1.68. The molecule has 0 fully saturated rings. The summed E-state index contributed by atoms with van der Waals surface area (Å²) in [6, 6.07) is 10.5. The minimum atomic E-state index is -0.331. The molecule has 0 spiro atoms. The number of benzene rings is 1. The van der Waals surface area contributed by atoms with Crippen molar-refractivity contribution in [3.05, 3.63) is 35.9 Å². The lowest BCUT2D eigenvalue weighted by atomic mass is 9.98. The number of nitrogens with one attached hydrogen (secondary N) is 1. The fraction of sp³-hybridized carbons (Fsp3) is 0.579. The molecule has 2 rings (SSSR count). The second-order valence-corrected chi connectivity index (χ2v) is 7.63. The lowest BCUT2D eigenvalue weighted by Gasteiger charge is -2.20. The maximum Gasteiger partial charge on any atom is 0.407 e. The van der Waals surface area contributed by atoms with E-state index in [2.05, 4.69) is 29.4 Å². The Morgan fingerprint density at radius 1 is 1.36 bits per heavy atom. The third-order valence-electron chi connectivity index (χ3n) is 4.22. The van der Waals surface area contributed by atoms with Gasteiger partial charge in [-0.3, -0.25) is 4.99 Å². The van der Waals surface area contributed by atoms with Gasteiger partial charge >= 0.3 is 6.09 Å². The third kappa shape index (κ3) is 7.92. The lowest BCUT2D eigenvalue weighted by Crippen LogP contribution is -2.37. The molecule has 0 saturated carbocycles. The van der Waals surface area contributed by atoms with E-state index in [9.17, 15) is 4.79 Å². The zero-order chi connectivity index (χ0) is 17.9. The van der Waals surface area contributed by atoms with E-state index in [1.807, 2.05) is 23.7 Å². The summed E-state index contributed by atoms with van der Waals surface area (Å²) >= 11 is 1.62. The maximum atomic E-state index is 12.0. The molecular weight excluding hydrogens is 334 g/mol. The van der Waals surface area contributed by atoms with Crippen LogP contribution in [0.1, 0.15) is 38.2 Å². The van der Waals surface area contributed by atoms with Gasteiger partial charge in [0.05, 0.1) is 17.3 Å². The molecule has 1 unspecified atom stereocenters. The van der Waals surface area contributed by atoms with Crippen molar-refractivity contribution in [3.63, 3.8) is 0 Å². The molecule has 1 aromatic rings. The number of rotatable bonds is 10. The molecule has 1 aliphatic rings. The fourth-order valence-electron chi connectivity index (χ4n) is 2.87. The van der Waals surface area contributed by atoms with Gasteiger partial charge in [0.2, 0.25) is 0 Å². The van der Waals surface area contributed by atoms with Crippen LogP contribution in [0, 0.1) is 0 Å². The van der Waals surface area contributed by atoms with Gasteiger partial charge in [0.1, 0.15) is 6.61 Å². The quantitative estimate of drug-likeness (QED) is 0.668. The van der Waals surface area contributed by atoms with Gasteiger partial charge in [-0.05, 0) is 31.2 Å². The molecule has 0 radical (unpaired) electrons. The molecule has 3 atom stereocenters. The van der Waals surface area contributed by atoms with Crippen LogP contribution >= 0.6 is 11.8 Å². The second kappa shape index (κ2) is 11.2. The van der Waals surface area contributed by atoms with E-state index in [-0.39, 0.29) is 23.4 Å². The summed E-state index contributed by atoms with van der Waals surface area (Å²) in [6.45, 7) is 3.25. The van der Waals surface area contributed by atoms with Crippen LogP contribution in [0.2, 0.25) is 0 Å². The zero-order valence-corrected chi connectivity index (χ0v) is 15.7. The summed E-state index contributed by atoms with van der Waals surface area (Å²) in [6.07, 6.45) is 4.25. The van der Waals surface area contributed by atoms with Crippen molar-refractivity contribution in [1.29, 1.82) is 0 Å². The molecule has 1 heterocycles. The van der Waals surface area contributed by atoms with E-state index in [0.29, 0.717) is 6.61 Å². The molecule has 5 nitrogen and oxygen atoms in total. The van der Waals surface area contributed by atoms with Crippen molar-refractivity contribution in [1.82, 2.24) is 5.32 Å². The van der Waals surface area contributed by atoms with Gasteiger partial charge in [-0.25, -0.2) is 4.79 Å². The molecular formula is C19H29N3O2S. The Hall–Kier alpha value is -1.53. The minimum absolute atomic E-state index is 0.103. The van der Waals surface area contributed by atoms with Crippen molar-refractivity contribution in [3.8, 4) is 0 Å². The van der Waals surface area contributed by atoms with E-state index in [1.54, 1.807) is 11.8 Å². The predicted octanol–water partition coefficient (Wildman–Crippen LogP) is 3.38. The largest absolute Gasteiger partial charge is 0.448 e. The van der Waals surface area contributed by atoms with Crippen molar-refractivity contribution in [2.45, 2.75) is 56.4 Å². The van der Waals surface area contributed by atoms with E-state index >= 15 is 0 Å². The molecule has 0 bridgehead atoms. The predicted molar refractivity (Wildman–Crippen MR) is 105 cm³/mol. The normalized spacial score (nSPS) is 18.7. The van der Waals surface area contributed by atoms with Gasteiger partial charge in [0.25, 0.3) is 0 Å². The standard InChI is InChI=1S/C19H29N3O2S/c1-2-6-17(22-19(23)24-13-18-12-21-14-25-18)10-9-16(20)11-15-7-4-3-5-8-15/h3-5,7-8,14,16-18H,2,6,9-13,20H2,1H3,(H,22,23)/t16-,17+,18?/m1/s1. The molecule has 25 heavy (non-hydrogen) atoms. The zero-order valence-electron chi connectivity index (χ0n) is 14.9. The van der Waals surface area contributed by atoms with Gasteiger partial charge in [-0.15, -0.1) is 11.8 Å². The van der Waals surface area contributed by atoms with E-state index in [1.165, 1.54) is 5.56 Å². The average molecular weight is 364 g/mol. The molecule has 138 valence electrons. The number of nitrogens with zero attached hydrogens (tertiary/aromatic N) is 1. The number of amides is 1. The molecule has 0 saturated heterocycles. The van der Waals surface area contributed by atoms with Crippen LogP contribution in [0.25, 0.3) is 0 Å². The molecule has 1 amide bonds. The van der Waals surface area contributed by atoms with Crippen LogP contribution in [0.3, 0.4) is 0 Å². The van der Waals surface area contributed by atoms with E-state index in [0.717, 1.165) is 38.6 Å². The van der Waals surface area contributed by atoms with Crippen molar-refractivity contribution >= 4 is 23.4 Å². The highest BCUT2D eigenvalue weighted by Crippen LogP contribution is 2.15. The first-order chi connectivity index (χ1) is 12.2. The van der Waals surface area contributed by atoms with Crippen molar-refractivity contribution in [2.75, 3.05) is 13.2 Å². The first kappa shape index (κ1) is 19.8. The Labute approximate surface area is 154 Å². The lowest BCUT2D eigenvalue weighted by molar-refractivity contribution is 0.141. The number of hydrogen-bond donors (Lipinski definition) is 2. The first-order valence-corrected chi connectivity index (χ1v) is 9.98. The number of alkyl carbamates (subject to hydrolysis) is 1. The Morgan fingerprint density at radius 2 is 2.16 bits per heavy atom. The topological polar surface area (TPSA) is 76.7 Å². The molecule has 1 aromatic carbocycles. The highest BCUT2D eigenvalue weighted by atomic mass is 32.2. The summed E-state index contributed by atoms with van der Waals surface area (Å²) in [5, 5.41) is 3.25. The van der Waals surface area contributed by atoms with Crippen molar-refractivity contribution in [2.24, 2.45) is 10.7 Å². The number of thioether (sulfide) groups is 1. The Bertz CT molecular complexity index is 531. The maximum absolute atomic E-state index is 12.0. The number of ether oxygens (including phenoxy) is 1. The summed E-state index contributed by atoms with van der Waals surface area (Å²) in [5.74, 6) is 0. The fourth-order valence-corrected chi connectivity index (χ4v) is 3.54. The summed E-state index contributed by atoms with van der Waals surface area (Å²) in [4.78, 5) is 16.1. The highest BCUT2D eigenvalue weighted by Gasteiger charge is 2.18. The molecule has 0 aliphatic carbocycles. The Morgan fingerprint density at radius 3 is 2.84 bits per heavy atom. The smallest absolute Gasteiger partial charge is 0.407 e. The van der Waals surface area contributed by atoms with Gasteiger partial charge in [-0.2, -0.15) is 0 Å². The van der Waals surface area contributed by atoms with Gasteiger partial charge in [0, 0.05) is 12.1 Å². The number of hydrogen-bond acceptors (Lipinski definition) is 5. The van der Waals surface area contributed by atoms with Crippen LogP contribution in [0.5, 0.6) is 0 Å². The third-order valence-corrected chi connectivity index (χ3v) is 5.16. The molecule has 3 N–H and O–H groups in total. The summed E-state index contributed by atoms with van der Waals surface area (Å²) < 4.78 is 5.32. The monoisotopic (exact) mass is 363 g/mol. The highest BCUT2D eigenvalue weighted by molar-refractivity contribution is 8.12. The molecule has 6 heteroatoms. The van der Waals surface area contributed by atoms with Crippen LogP contribution < -0.4 is 11.1 Å². The SMILES string of the molecule is CCC[C@@H](CC[C@@H](N)Cc1ccccc1)NC(=O)OCC1CN=CS1. The van der Waals surface area contributed by atoms with Gasteiger partial charge in [-0.1, -0.05) is 43.7 Å². The van der Waals surface area contributed by atoms with E-state index < -0.39 is 0 Å². The van der Waals surface area contributed by atoms with Crippen LogP contribution in [0.4, 0.5) is 4.79 Å². The second-order valence-electron chi connectivity index (χ2n) is 6.48. The van der Waals surface area contributed by atoms with Crippen LogP contribution in [-0.2, 0) is 11.2 Å². The number of aliphatic imine (C=N–C) groups is 1. The molecule has 0 aromatic heterocycles. The Kier molecular flexibility index (Phi) is 8.83. The first-order valence-electron chi connectivity index (χ1n) is 9.04. The van der Waals surface area contributed by atoms with Gasteiger partial charge in [0.15, 0.2) is 0 Å². The van der Waals surface area contributed by atoms with Crippen LogP contribution in [0.15, 0.2) is 35.3 Å². The van der Waals surface area contributed by atoms with E-state index in [4.69, 9.17) is 10.5 Å². The van der Waals surface area contributed by atoms with Gasteiger partial charge < -0.3 is 15.8 Å². The minimum Gasteiger partial charge on any atom is -0.448 e. The summed E-state index contributed by atoms with van der Waals surface area (Å²) in [7, 11) is 0. The average Bonchev–Trinajstić information content (AvgIpc) is 3.12. The molecule has 1 aliphatic heterocycles.